The third-order valence-corrected chi connectivity index (χ3v) is 4.39. The second-order valence-corrected chi connectivity index (χ2v) is 6.41. The number of nitrogens with one attached hydrogen (secondary N) is 2. The van der Waals surface area contributed by atoms with E-state index in [1.165, 1.54) is 12.4 Å². The van der Waals surface area contributed by atoms with Crippen LogP contribution in [0.2, 0.25) is 0 Å². The Labute approximate surface area is 169 Å². The molecular weight excluding hydrogens is 371 g/mol. The first-order valence-corrected chi connectivity index (χ1v) is 9.36. The van der Waals surface area contributed by atoms with E-state index in [-0.39, 0.29) is 17.4 Å². The molecule has 1 aromatic heterocycles. The summed E-state index contributed by atoms with van der Waals surface area (Å²) in [6.45, 7) is 0.973. The van der Waals surface area contributed by atoms with Gasteiger partial charge in [0.1, 0.15) is 29.4 Å². The Hall–Kier alpha value is -3.48. The number of anilines is 1. The molecule has 3 rings (SSSR count). The summed E-state index contributed by atoms with van der Waals surface area (Å²) in [5.41, 5.74) is 1.98. The minimum atomic E-state index is -0.271. The van der Waals surface area contributed by atoms with Gasteiger partial charge in [0.2, 0.25) is 0 Å². The van der Waals surface area contributed by atoms with Crippen molar-refractivity contribution in [1.82, 2.24) is 15.3 Å². The Morgan fingerprint density at radius 1 is 1.03 bits per heavy atom. The van der Waals surface area contributed by atoms with Crippen LogP contribution in [0, 0.1) is 5.82 Å². The number of carbonyl (C=O) groups excluding carboxylic acids is 1. The standard InChI is InChI=1S/C22H23FN4O2/c1-29-18-7-4-5-16(13-18)9-11-25-22(28)20-14-21(27-15-26-20)24-12-10-17-6-2-3-8-19(17)23/h2-8,13-15H,9-12H2,1H3,(H,25,28)(H,24,26,27). The molecule has 6 nitrogen and oxygen atoms in total. The SMILES string of the molecule is COc1cccc(CCNC(=O)c2cc(NCCc3ccccc3F)ncn2)c1. The molecule has 0 unspecified atom stereocenters. The number of ether oxygens (including phenoxy) is 1. The normalized spacial score (nSPS) is 10.4. The molecule has 0 aliphatic carbocycles. The average molecular weight is 394 g/mol. The number of methoxy groups -OCH3 is 1. The highest BCUT2D eigenvalue weighted by Gasteiger charge is 2.09. The topological polar surface area (TPSA) is 76.1 Å². The summed E-state index contributed by atoms with van der Waals surface area (Å²) in [6.07, 6.45) is 2.53. The fourth-order valence-corrected chi connectivity index (χ4v) is 2.84. The van der Waals surface area contributed by atoms with Crippen molar-refractivity contribution >= 4 is 11.7 Å². The van der Waals surface area contributed by atoms with E-state index in [9.17, 15) is 9.18 Å². The minimum Gasteiger partial charge on any atom is -0.497 e. The zero-order valence-electron chi connectivity index (χ0n) is 16.2. The predicted octanol–water partition coefficient (Wildman–Crippen LogP) is 3.25. The van der Waals surface area contributed by atoms with Crippen LogP contribution in [-0.2, 0) is 12.8 Å². The molecule has 0 spiro atoms. The fourth-order valence-electron chi connectivity index (χ4n) is 2.84. The summed E-state index contributed by atoms with van der Waals surface area (Å²) in [6, 6.07) is 16.0. The third kappa shape index (κ3) is 6.00. The summed E-state index contributed by atoms with van der Waals surface area (Å²) < 4.78 is 18.9. The quantitative estimate of drug-likeness (QED) is 0.583. The lowest BCUT2D eigenvalue weighted by molar-refractivity contribution is 0.0949. The highest BCUT2D eigenvalue weighted by atomic mass is 19.1. The van der Waals surface area contributed by atoms with E-state index in [4.69, 9.17) is 4.74 Å². The van der Waals surface area contributed by atoms with Gasteiger partial charge in [0, 0.05) is 19.2 Å². The summed E-state index contributed by atoms with van der Waals surface area (Å²) >= 11 is 0. The van der Waals surface area contributed by atoms with Gasteiger partial charge in [0.05, 0.1) is 7.11 Å². The molecule has 3 aromatic rings. The van der Waals surface area contributed by atoms with E-state index >= 15 is 0 Å². The Kier molecular flexibility index (Phi) is 7.10. The minimum absolute atomic E-state index is 0.229. The molecular formula is C22H23FN4O2. The monoisotopic (exact) mass is 394 g/mol. The number of benzene rings is 2. The molecule has 0 fully saturated rings. The molecule has 2 N–H and O–H groups in total. The summed E-state index contributed by atoms with van der Waals surface area (Å²) in [5.74, 6) is 0.811. The van der Waals surface area contributed by atoms with Gasteiger partial charge < -0.3 is 15.4 Å². The number of rotatable bonds is 9. The van der Waals surface area contributed by atoms with Crippen molar-refractivity contribution in [2.75, 3.05) is 25.5 Å². The van der Waals surface area contributed by atoms with Crippen molar-refractivity contribution < 1.29 is 13.9 Å². The van der Waals surface area contributed by atoms with Crippen LogP contribution in [0.3, 0.4) is 0 Å². The molecule has 29 heavy (non-hydrogen) atoms. The first-order chi connectivity index (χ1) is 14.2. The molecule has 7 heteroatoms. The van der Waals surface area contributed by atoms with Gasteiger partial charge in [-0.25, -0.2) is 14.4 Å². The average Bonchev–Trinajstić information content (AvgIpc) is 2.75. The second kappa shape index (κ2) is 10.2. The second-order valence-electron chi connectivity index (χ2n) is 6.41. The largest absolute Gasteiger partial charge is 0.497 e. The van der Waals surface area contributed by atoms with Crippen LogP contribution in [0.15, 0.2) is 60.9 Å². The first-order valence-electron chi connectivity index (χ1n) is 9.36. The maximum atomic E-state index is 13.7. The molecule has 1 heterocycles. The zero-order valence-corrected chi connectivity index (χ0v) is 16.2. The summed E-state index contributed by atoms with van der Waals surface area (Å²) in [5, 5.41) is 5.95. The molecule has 0 aliphatic rings. The summed E-state index contributed by atoms with van der Waals surface area (Å²) in [4.78, 5) is 20.5. The Balaban J connectivity index is 1.49. The maximum Gasteiger partial charge on any atom is 0.270 e. The summed E-state index contributed by atoms with van der Waals surface area (Å²) in [7, 11) is 1.62. The van der Waals surface area contributed by atoms with Crippen LogP contribution in [0.4, 0.5) is 10.2 Å². The number of hydrogen-bond donors (Lipinski definition) is 2. The molecule has 150 valence electrons. The zero-order chi connectivity index (χ0) is 20.5. The van der Waals surface area contributed by atoms with Gasteiger partial charge >= 0.3 is 0 Å². The third-order valence-electron chi connectivity index (χ3n) is 4.39. The maximum absolute atomic E-state index is 13.7. The van der Waals surface area contributed by atoms with E-state index in [1.54, 1.807) is 31.4 Å². The molecule has 0 radical (unpaired) electrons. The molecule has 0 atom stereocenters. The van der Waals surface area contributed by atoms with Gasteiger partial charge in [0.25, 0.3) is 5.91 Å². The smallest absolute Gasteiger partial charge is 0.270 e. The molecule has 0 saturated carbocycles. The Morgan fingerprint density at radius 2 is 1.90 bits per heavy atom. The van der Waals surface area contributed by atoms with E-state index in [1.807, 2.05) is 24.3 Å². The number of nitrogens with zero attached hydrogens (tertiary/aromatic N) is 2. The van der Waals surface area contributed by atoms with Crippen molar-refractivity contribution in [2.24, 2.45) is 0 Å². The van der Waals surface area contributed by atoms with Gasteiger partial charge in [0.15, 0.2) is 0 Å². The first kappa shape index (κ1) is 20.3. The van der Waals surface area contributed by atoms with Crippen molar-refractivity contribution in [3.63, 3.8) is 0 Å². The molecule has 2 aromatic carbocycles. The van der Waals surface area contributed by atoms with Crippen molar-refractivity contribution in [1.29, 1.82) is 0 Å². The lowest BCUT2D eigenvalue weighted by atomic mass is 10.1. The number of carbonyl (C=O) groups is 1. The van der Waals surface area contributed by atoms with E-state index in [0.717, 1.165) is 11.3 Å². The van der Waals surface area contributed by atoms with E-state index in [0.29, 0.717) is 37.3 Å². The number of aromatic nitrogens is 2. The van der Waals surface area contributed by atoms with Crippen LogP contribution in [0.5, 0.6) is 5.75 Å². The highest BCUT2D eigenvalue weighted by molar-refractivity contribution is 5.92. The van der Waals surface area contributed by atoms with Crippen LogP contribution < -0.4 is 15.4 Å². The van der Waals surface area contributed by atoms with Gasteiger partial charge in [-0.2, -0.15) is 0 Å². The van der Waals surface area contributed by atoms with Gasteiger partial charge in [-0.3, -0.25) is 4.79 Å². The molecule has 1 amide bonds. The molecule has 0 bridgehead atoms. The highest BCUT2D eigenvalue weighted by Crippen LogP contribution is 2.13. The fraction of sp³-hybridized carbons (Fsp3) is 0.227. The Bertz CT molecular complexity index is 965. The lowest BCUT2D eigenvalue weighted by Crippen LogP contribution is -2.26. The molecule has 0 aliphatic heterocycles. The van der Waals surface area contributed by atoms with Crippen molar-refractivity contribution in [3.05, 3.63) is 83.6 Å². The van der Waals surface area contributed by atoms with Crippen molar-refractivity contribution in [2.45, 2.75) is 12.8 Å². The van der Waals surface area contributed by atoms with E-state index < -0.39 is 0 Å². The van der Waals surface area contributed by atoms with Gasteiger partial charge in [-0.15, -0.1) is 0 Å². The van der Waals surface area contributed by atoms with Crippen LogP contribution in [0.1, 0.15) is 21.6 Å². The number of hydrogen-bond acceptors (Lipinski definition) is 5. The van der Waals surface area contributed by atoms with Crippen LogP contribution >= 0.6 is 0 Å². The lowest BCUT2D eigenvalue weighted by Gasteiger charge is -2.09. The van der Waals surface area contributed by atoms with Crippen LogP contribution in [-0.4, -0.2) is 36.1 Å². The van der Waals surface area contributed by atoms with Crippen molar-refractivity contribution in [3.8, 4) is 5.75 Å². The Morgan fingerprint density at radius 3 is 2.72 bits per heavy atom. The van der Waals surface area contributed by atoms with Gasteiger partial charge in [-0.05, 0) is 42.2 Å². The van der Waals surface area contributed by atoms with E-state index in [2.05, 4.69) is 20.6 Å². The van der Waals surface area contributed by atoms with Gasteiger partial charge in [-0.1, -0.05) is 30.3 Å². The van der Waals surface area contributed by atoms with Crippen LogP contribution in [0.25, 0.3) is 0 Å². The number of amides is 1. The molecule has 0 saturated heterocycles. The predicted molar refractivity (Wildman–Crippen MR) is 110 cm³/mol. The number of halogens is 1.